The summed E-state index contributed by atoms with van der Waals surface area (Å²) in [6.07, 6.45) is 5.84. The zero-order valence-electron chi connectivity index (χ0n) is 25.5. The molecular formula is C34H39N2O9+. The number of hydrogen-bond acceptors (Lipinski definition) is 9. The van der Waals surface area contributed by atoms with E-state index in [2.05, 4.69) is 0 Å². The van der Waals surface area contributed by atoms with Gasteiger partial charge in [-0.2, -0.15) is 0 Å². The Balaban J connectivity index is 1.41. The average molecular weight is 620 g/mol. The molecule has 0 heterocycles. The number of nitro groups is 1. The van der Waals surface area contributed by atoms with Gasteiger partial charge in [-0.15, -0.1) is 0 Å². The van der Waals surface area contributed by atoms with Crippen molar-refractivity contribution < 1.29 is 38.6 Å². The van der Waals surface area contributed by atoms with Gasteiger partial charge in [0.15, 0.2) is 13.3 Å². The van der Waals surface area contributed by atoms with E-state index < -0.39 is 23.1 Å². The lowest BCUT2D eigenvalue weighted by Crippen LogP contribution is -2.23. The Kier molecular flexibility index (Phi) is 14.0. The van der Waals surface area contributed by atoms with E-state index in [9.17, 15) is 29.7 Å². The number of methoxy groups -OCH3 is 1. The summed E-state index contributed by atoms with van der Waals surface area (Å²) in [5.41, 5.74) is 3.38. The third-order valence-electron chi connectivity index (χ3n) is 7.10. The summed E-state index contributed by atoms with van der Waals surface area (Å²) in [4.78, 5) is 47.4. The number of carbonyl (C=O) groups is 2. The first-order valence-corrected chi connectivity index (χ1v) is 14.7. The lowest BCUT2D eigenvalue weighted by atomic mass is 9.92. The number of ether oxygens (including phenoxy) is 3. The molecule has 0 bridgehead atoms. The monoisotopic (exact) mass is 619 g/mol. The lowest BCUT2D eigenvalue weighted by Gasteiger charge is -2.16. The van der Waals surface area contributed by atoms with Gasteiger partial charge >= 0.3 is 11.9 Å². The molecule has 0 aromatic heterocycles. The summed E-state index contributed by atoms with van der Waals surface area (Å²) in [5.74, 6) is -1.28. The number of esters is 2. The molecule has 1 N–H and O–H groups in total. The van der Waals surface area contributed by atoms with Gasteiger partial charge in [-0.1, -0.05) is 42.5 Å². The van der Waals surface area contributed by atoms with Crippen molar-refractivity contribution in [1.82, 2.24) is 0 Å². The van der Waals surface area contributed by atoms with Crippen molar-refractivity contribution in [2.24, 2.45) is 5.92 Å². The van der Waals surface area contributed by atoms with Gasteiger partial charge in [0.2, 0.25) is 0 Å². The number of non-ortho nitro benzene ring substituents is 1. The minimum absolute atomic E-state index is 0.0205. The maximum absolute atomic E-state index is 13.1. The van der Waals surface area contributed by atoms with Crippen LogP contribution in [-0.2, 0) is 31.8 Å². The molecule has 0 saturated heterocycles. The van der Waals surface area contributed by atoms with Gasteiger partial charge in [-0.3, -0.25) is 14.9 Å². The molecule has 0 amide bonds. The van der Waals surface area contributed by atoms with Crippen molar-refractivity contribution in [2.75, 3.05) is 27.4 Å². The highest BCUT2D eigenvalue weighted by Gasteiger charge is 2.22. The summed E-state index contributed by atoms with van der Waals surface area (Å²) < 4.78 is 16.5. The van der Waals surface area contributed by atoms with Crippen LogP contribution in [0.3, 0.4) is 0 Å². The largest absolute Gasteiger partial charge is 0.465 e. The summed E-state index contributed by atoms with van der Waals surface area (Å²) in [6.45, 7) is 0.524. The second-order valence-electron chi connectivity index (χ2n) is 10.5. The Morgan fingerprint density at radius 3 is 1.84 bits per heavy atom. The van der Waals surface area contributed by atoms with E-state index in [4.69, 9.17) is 14.2 Å². The van der Waals surface area contributed by atoms with Crippen LogP contribution in [0.1, 0.15) is 52.7 Å². The fourth-order valence-electron chi connectivity index (χ4n) is 4.50. The zero-order valence-corrected chi connectivity index (χ0v) is 25.5. The summed E-state index contributed by atoms with van der Waals surface area (Å²) in [6, 6.07) is 19.9. The summed E-state index contributed by atoms with van der Waals surface area (Å²) in [7, 11) is 2.81. The molecule has 0 spiro atoms. The first kappa shape index (κ1) is 34.7. The van der Waals surface area contributed by atoms with Crippen molar-refractivity contribution >= 4 is 29.4 Å². The van der Waals surface area contributed by atoms with E-state index >= 15 is 0 Å². The number of carbonyl (C=O) groups excluding carboxylic acids is 2. The van der Waals surface area contributed by atoms with Gasteiger partial charge in [0.05, 0.1) is 29.6 Å². The summed E-state index contributed by atoms with van der Waals surface area (Å²) in [5, 5.41) is 20.4. The Bertz CT molecular complexity index is 1380. The van der Waals surface area contributed by atoms with Crippen LogP contribution < -0.4 is 0 Å². The second-order valence-corrected chi connectivity index (χ2v) is 10.5. The normalized spacial score (nSPS) is 12.4. The Labute approximate surface area is 262 Å². The molecule has 0 aliphatic heterocycles. The molecule has 3 aromatic rings. The van der Waals surface area contributed by atoms with Crippen LogP contribution in [-0.4, -0.2) is 60.4 Å². The third kappa shape index (κ3) is 12.0. The highest BCUT2D eigenvalue weighted by molar-refractivity contribution is 5.89. The van der Waals surface area contributed by atoms with Gasteiger partial charge in [0.1, 0.15) is 0 Å². The van der Waals surface area contributed by atoms with E-state index in [0.717, 1.165) is 34.3 Å². The second kappa shape index (κ2) is 18.2. The number of aliphatic hydroxyl groups excluding tert-OH is 1. The topological polar surface area (TPSA) is 145 Å². The number of nitro benzene ring substituents is 1. The highest BCUT2D eigenvalue weighted by Crippen LogP contribution is 2.21. The molecule has 2 atom stereocenters. The number of unbranched alkanes of at least 4 members (excludes halogenated alkanes) is 3. The van der Waals surface area contributed by atoms with Crippen LogP contribution in [0, 0.1) is 20.9 Å². The smallest absolute Gasteiger partial charge is 0.338 e. The van der Waals surface area contributed by atoms with Gasteiger partial charge in [0.25, 0.3) is 11.4 Å². The average Bonchev–Trinajstić information content (AvgIpc) is 3.05. The van der Waals surface area contributed by atoms with E-state index in [-0.39, 0.29) is 24.9 Å². The third-order valence-corrected chi connectivity index (χ3v) is 7.10. The van der Waals surface area contributed by atoms with Crippen LogP contribution in [0.4, 0.5) is 11.4 Å². The van der Waals surface area contributed by atoms with Crippen molar-refractivity contribution in [3.05, 3.63) is 116 Å². The lowest BCUT2D eigenvalue weighted by molar-refractivity contribution is -0.428. The van der Waals surface area contributed by atoms with Crippen LogP contribution in [0.25, 0.3) is 6.08 Å². The van der Waals surface area contributed by atoms with Crippen molar-refractivity contribution in [3.63, 3.8) is 0 Å². The SMILES string of the molecule is COC(O)/C=C/c1ccc(C(=O)OCCCCCCOC(=O)C(Cc2ccc([N+](C)=O)cc2)Cc2ccc([N+](=O)[O-])cc2)cc1. The molecule has 0 aliphatic rings. The Hall–Kier alpha value is -4.74. The molecule has 0 saturated carbocycles. The van der Waals surface area contributed by atoms with Crippen LogP contribution in [0.15, 0.2) is 78.9 Å². The number of nitroso groups, excluding NO2 is 1. The number of hydrogen-bond donors (Lipinski definition) is 1. The quantitative estimate of drug-likeness (QED) is 0.0454. The zero-order chi connectivity index (χ0) is 32.6. The Morgan fingerprint density at radius 2 is 1.33 bits per heavy atom. The fourth-order valence-corrected chi connectivity index (χ4v) is 4.50. The van der Waals surface area contributed by atoms with Crippen molar-refractivity contribution in [2.45, 2.75) is 44.8 Å². The summed E-state index contributed by atoms with van der Waals surface area (Å²) >= 11 is 0. The molecule has 11 heteroatoms. The molecular weight excluding hydrogens is 580 g/mol. The predicted octanol–water partition coefficient (Wildman–Crippen LogP) is 5.98. The van der Waals surface area contributed by atoms with E-state index in [1.54, 1.807) is 66.7 Å². The van der Waals surface area contributed by atoms with Crippen LogP contribution >= 0.6 is 0 Å². The molecule has 3 rings (SSSR count). The number of aliphatic hydroxyl groups is 1. The maximum atomic E-state index is 13.1. The van der Waals surface area contributed by atoms with Gasteiger partial charge in [-0.05, 0) is 73.4 Å². The predicted molar refractivity (Wildman–Crippen MR) is 168 cm³/mol. The fraction of sp³-hybridized carbons (Fsp3) is 0.353. The van der Waals surface area contributed by atoms with Gasteiger partial charge in [-0.25, -0.2) is 4.79 Å². The van der Waals surface area contributed by atoms with Gasteiger partial charge < -0.3 is 19.3 Å². The van der Waals surface area contributed by atoms with Crippen LogP contribution in [0.2, 0.25) is 0 Å². The molecule has 45 heavy (non-hydrogen) atoms. The van der Waals surface area contributed by atoms with E-state index in [1.807, 2.05) is 0 Å². The molecule has 238 valence electrons. The molecule has 0 radical (unpaired) electrons. The Morgan fingerprint density at radius 1 is 0.800 bits per heavy atom. The number of nitrogens with zero attached hydrogens (tertiary/aromatic N) is 2. The molecule has 0 aliphatic carbocycles. The van der Waals surface area contributed by atoms with E-state index in [0.29, 0.717) is 36.9 Å². The highest BCUT2D eigenvalue weighted by atomic mass is 16.6. The first-order chi connectivity index (χ1) is 21.7. The minimum atomic E-state index is -0.990. The number of benzene rings is 3. The standard InChI is InChI=1S/C34H39N2O9/c1-35(40)30-16-9-26(10-17-30)23-29(24-27-11-18-31(19-12-27)36(41)42)34(39)45-22-6-4-3-5-21-44-33(38)28-14-7-25(8-15-28)13-20-32(37)43-2/h7-20,29,32,37H,3-6,21-24H2,1-2H3/q+1/b20-13+. The van der Waals surface area contributed by atoms with Gasteiger partial charge in [0, 0.05) is 41.0 Å². The molecule has 11 nitrogen and oxygen atoms in total. The maximum Gasteiger partial charge on any atom is 0.338 e. The molecule has 2 unspecified atom stereocenters. The molecule has 3 aromatic carbocycles. The minimum Gasteiger partial charge on any atom is -0.465 e. The first-order valence-electron chi connectivity index (χ1n) is 14.7. The van der Waals surface area contributed by atoms with Crippen molar-refractivity contribution in [3.8, 4) is 0 Å². The van der Waals surface area contributed by atoms with Crippen molar-refractivity contribution in [1.29, 1.82) is 0 Å². The van der Waals surface area contributed by atoms with E-state index in [1.165, 1.54) is 32.4 Å². The molecule has 0 fully saturated rings. The van der Waals surface area contributed by atoms with Crippen LogP contribution in [0.5, 0.6) is 0 Å². The number of rotatable bonds is 18.